The van der Waals surface area contributed by atoms with Gasteiger partial charge in [-0.1, -0.05) is 30.3 Å². The molecule has 1 saturated heterocycles. The van der Waals surface area contributed by atoms with Gasteiger partial charge in [-0.25, -0.2) is 0 Å². The van der Waals surface area contributed by atoms with Crippen molar-refractivity contribution in [2.45, 2.75) is 24.9 Å². The molecule has 0 aromatic heterocycles. The molecule has 3 atom stereocenters. The van der Waals surface area contributed by atoms with E-state index in [1.165, 1.54) is 11.8 Å². The van der Waals surface area contributed by atoms with Crippen LogP contribution in [-0.2, 0) is 20.1 Å². The predicted octanol–water partition coefficient (Wildman–Crippen LogP) is 1.42. The molecule has 0 spiro atoms. The number of nitrogens with two attached hydrogens (primary N) is 1. The van der Waals surface area contributed by atoms with Gasteiger partial charge in [0.1, 0.15) is 6.04 Å². The first-order valence-electron chi connectivity index (χ1n) is 6.45. The normalized spacial score (nSPS) is 27.4. The van der Waals surface area contributed by atoms with E-state index in [0.717, 1.165) is 5.56 Å². The lowest BCUT2D eigenvalue weighted by molar-refractivity contribution is -0.159. The first-order valence-corrected chi connectivity index (χ1v) is 7.60. The molecule has 110 valence electrons. The van der Waals surface area contributed by atoms with Crippen molar-refractivity contribution in [2.24, 2.45) is 5.73 Å². The molecule has 1 aliphatic rings. The highest BCUT2D eigenvalue weighted by atomic mass is 32.2. The van der Waals surface area contributed by atoms with Gasteiger partial charge in [-0.2, -0.15) is 11.8 Å². The highest BCUT2D eigenvalue weighted by Crippen LogP contribution is 2.34. The lowest BCUT2D eigenvalue weighted by atomic mass is 10.1. The number of ether oxygens (including phenoxy) is 2. The Balaban J connectivity index is 1.82. The lowest BCUT2D eigenvalue weighted by Gasteiger charge is -2.23. The smallest absolute Gasteiger partial charge is 0.321 e. The SMILES string of the molecule is CC1(c2ccccc2)OCC(CSCC(N)C(=O)O)O1. The van der Waals surface area contributed by atoms with Gasteiger partial charge in [0, 0.05) is 17.1 Å². The van der Waals surface area contributed by atoms with E-state index in [-0.39, 0.29) is 6.10 Å². The van der Waals surface area contributed by atoms with Crippen LogP contribution in [0.1, 0.15) is 12.5 Å². The fourth-order valence-electron chi connectivity index (χ4n) is 2.01. The maximum absolute atomic E-state index is 10.6. The summed E-state index contributed by atoms with van der Waals surface area (Å²) in [7, 11) is 0. The van der Waals surface area contributed by atoms with Crippen LogP contribution in [0.15, 0.2) is 30.3 Å². The summed E-state index contributed by atoms with van der Waals surface area (Å²) in [6.45, 7) is 2.40. The minimum absolute atomic E-state index is 0.0498. The number of rotatable bonds is 6. The molecule has 0 radical (unpaired) electrons. The number of benzene rings is 1. The minimum atomic E-state index is -0.977. The van der Waals surface area contributed by atoms with Gasteiger partial charge in [0.05, 0.1) is 12.7 Å². The summed E-state index contributed by atoms with van der Waals surface area (Å²) in [4.78, 5) is 10.6. The molecular weight excluding hydrogens is 278 g/mol. The van der Waals surface area contributed by atoms with Crippen LogP contribution in [-0.4, -0.2) is 41.3 Å². The summed E-state index contributed by atoms with van der Waals surface area (Å²) < 4.78 is 11.7. The van der Waals surface area contributed by atoms with E-state index in [2.05, 4.69) is 0 Å². The molecule has 1 aromatic rings. The summed E-state index contributed by atoms with van der Waals surface area (Å²) in [5.41, 5.74) is 6.43. The van der Waals surface area contributed by atoms with Crippen LogP contribution < -0.4 is 5.73 Å². The molecule has 5 nitrogen and oxygen atoms in total. The lowest BCUT2D eigenvalue weighted by Crippen LogP contribution is -2.33. The molecule has 20 heavy (non-hydrogen) atoms. The topological polar surface area (TPSA) is 81.8 Å². The van der Waals surface area contributed by atoms with Crippen molar-refractivity contribution in [1.29, 1.82) is 0 Å². The standard InChI is InChI=1S/C14H19NO4S/c1-14(10-5-3-2-4-6-10)18-7-11(19-14)8-20-9-12(15)13(16)17/h2-6,11-12H,7-9,15H2,1H3,(H,16,17). The molecule has 1 aliphatic heterocycles. The first kappa shape index (κ1) is 15.3. The number of thioether (sulfide) groups is 1. The summed E-state index contributed by atoms with van der Waals surface area (Å²) >= 11 is 1.47. The van der Waals surface area contributed by atoms with Crippen molar-refractivity contribution in [3.05, 3.63) is 35.9 Å². The summed E-state index contributed by atoms with van der Waals surface area (Å²) in [6, 6.07) is 8.94. The fourth-order valence-corrected chi connectivity index (χ4v) is 2.97. The zero-order valence-electron chi connectivity index (χ0n) is 11.3. The minimum Gasteiger partial charge on any atom is -0.480 e. The third kappa shape index (κ3) is 3.73. The number of hydrogen-bond acceptors (Lipinski definition) is 5. The van der Waals surface area contributed by atoms with Crippen LogP contribution in [0.3, 0.4) is 0 Å². The zero-order chi connectivity index (χ0) is 14.6. The van der Waals surface area contributed by atoms with Gasteiger partial charge in [-0.15, -0.1) is 0 Å². The van der Waals surface area contributed by atoms with E-state index >= 15 is 0 Å². The summed E-state index contributed by atoms with van der Waals surface area (Å²) in [5.74, 6) is -0.655. The molecular formula is C14H19NO4S. The number of carbonyl (C=O) groups is 1. The molecule has 0 bridgehead atoms. The Kier molecular flexibility index (Phi) is 5.04. The Morgan fingerprint density at radius 2 is 2.25 bits per heavy atom. The number of carboxylic acid groups (broad SMARTS) is 1. The van der Waals surface area contributed by atoms with Crippen LogP contribution in [0.5, 0.6) is 0 Å². The van der Waals surface area contributed by atoms with E-state index in [1.807, 2.05) is 37.3 Å². The van der Waals surface area contributed by atoms with E-state index < -0.39 is 17.8 Å². The molecule has 2 rings (SSSR count). The van der Waals surface area contributed by atoms with Crippen molar-refractivity contribution in [2.75, 3.05) is 18.1 Å². The van der Waals surface area contributed by atoms with Gasteiger partial charge in [0.15, 0.2) is 5.79 Å². The highest BCUT2D eigenvalue weighted by molar-refractivity contribution is 7.99. The Bertz CT molecular complexity index is 456. The Hall–Kier alpha value is -1.08. The largest absolute Gasteiger partial charge is 0.480 e. The first-order chi connectivity index (χ1) is 9.51. The number of carboxylic acids is 1. The Morgan fingerprint density at radius 3 is 2.90 bits per heavy atom. The van der Waals surface area contributed by atoms with Crippen LogP contribution in [0.2, 0.25) is 0 Å². The highest BCUT2D eigenvalue weighted by Gasteiger charge is 2.38. The second kappa shape index (κ2) is 6.58. The molecule has 1 aromatic carbocycles. The average Bonchev–Trinajstić information content (AvgIpc) is 2.82. The molecule has 0 aliphatic carbocycles. The van der Waals surface area contributed by atoms with Crippen molar-refractivity contribution in [1.82, 2.24) is 0 Å². The third-order valence-electron chi connectivity index (χ3n) is 3.15. The third-order valence-corrected chi connectivity index (χ3v) is 4.36. The molecule has 0 amide bonds. The maximum Gasteiger partial charge on any atom is 0.321 e. The van der Waals surface area contributed by atoms with Gasteiger partial charge < -0.3 is 20.3 Å². The van der Waals surface area contributed by atoms with Gasteiger partial charge >= 0.3 is 5.97 Å². The van der Waals surface area contributed by atoms with Crippen LogP contribution in [0.4, 0.5) is 0 Å². The Labute approximate surface area is 122 Å². The molecule has 3 unspecified atom stereocenters. The van der Waals surface area contributed by atoms with E-state index in [4.69, 9.17) is 20.3 Å². The molecule has 1 heterocycles. The van der Waals surface area contributed by atoms with Crippen LogP contribution in [0.25, 0.3) is 0 Å². The molecule has 0 saturated carbocycles. The van der Waals surface area contributed by atoms with Crippen molar-refractivity contribution in [3.63, 3.8) is 0 Å². The monoisotopic (exact) mass is 297 g/mol. The van der Waals surface area contributed by atoms with Crippen molar-refractivity contribution >= 4 is 17.7 Å². The fraction of sp³-hybridized carbons (Fsp3) is 0.500. The van der Waals surface area contributed by atoms with Crippen LogP contribution >= 0.6 is 11.8 Å². The quantitative estimate of drug-likeness (QED) is 0.826. The van der Waals surface area contributed by atoms with E-state index in [9.17, 15) is 4.79 Å². The predicted molar refractivity (Wildman–Crippen MR) is 77.6 cm³/mol. The number of hydrogen-bond donors (Lipinski definition) is 2. The van der Waals surface area contributed by atoms with E-state index in [0.29, 0.717) is 18.1 Å². The molecule has 6 heteroatoms. The van der Waals surface area contributed by atoms with Gasteiger partial charge in [-0.05, 0) is 6.92 Å². The van der Waals surface area contributed by atoms with E-state index in [1.54, 1.807) is 0 Å². The van der Waals surface area contributed by atoms with Crippen molar-refractivity contribution in [3.8, 4) is 0 Å². The second-order valence-corrected chi connectivity index (χ2v) is 5.92. The summed E-state index contributed by atoms with van der Waals surface area (Å²) in [6.07, 6.45) is -0.0498. The van der Waals surface area contributed by atoms with Gasteiger partial charge in [-0.3, -0.25) is 4.79 Å². The van der Waals surface area contributed by atoms with Crippen molar-refractivity contribution < 1.29 is 19.4 Å². The van der Waals surface area contributed by atoms with Crippen LogP contribution in [0, 0.1) is 0 Å². The molecule has 3 N–H and O–H groups in total. The maximum atomic E-state index is 10.6. The average molecular weight is 297 g/mol. The summed E-state index contributed by atoms with van der Waals surface area (Å²) in [5, 5.41) is 8.71. The molecule has 1 fully saturated rings. The Morgan fingerprint density at radius 1 is 1.55 bits per heavy atom. The van der Waals surface area contributed by atoms with Gasteiger partial charge in [0.25, 0.3) is 0 Å². The number of aliphatic carboxylic acids is 1. The van der Waals surface area contributed by atoms with Gasteiger partial charge in [0.2, 0.25) is 0 Å². The zero-order valence-corrected chi connectivity index (χ0v) is 12.1. The second-order valence-electron chi connectivity index (χ2n) is 4.84.